The number of primary amides is 1. The molecule has 0 unspecified atom stereocenters. The summed E-state index contributed by atoms with van der Waals surface area (Å²) in [6, 6.07) is 7.10. The van der Waals surface area contributed by atoms with Gasteiger partial charge in [-0.05, 0) is 55.6 Å². The molecule has 1 aliphatic heterocycles. The first-order chi connectivity index (χ1) is 12.0. The summed E-state index contributed by atoms with van der Waals surface area (Å²) in [6.07, 6.45) is 2.49. The number of amides is 2. The lowest BCUT2D eigenvalue weighted by molar-refractivity contribution is 0.0958. The van der Waals surface area contributed by atoms with Gasteiger partial charge in [0, 0.05) is 11.3 Å². The minimum Gasteiger partial charge on any atom is -0.351 e. The molecule has 1 aromatic heterocycles. The Kier molecular flexibility index (Phi) is 5.45. The van der Waals surface area contributed by atoms with Gasteiger partial charge >= 0.3 is 6.03 Å². The van der Waals surface area contributed by atoms with E-state index in [2.05, 4.69) is 10.6 Å². The summed E-state index contributed by atoms with van der Waals surface area (Å²) in [7, 11) is 0. The summed E-state index contributed by atoms with van der Waals surface area (Å²) >= 11 is 1.25. The van der Waals surface area contributed by atoms with E-state index < -0.39 is 6.03 Å². The van der Waals surface area contributed by atoms with Gasteiger partial charge in [-0.25, -0.2) is 9.18 Å². The van der Waals surface area contributed by atoms with Crippen molar-refractivity contribution >= 4 is 28.8 Å². The highest BCUT2D eigenvalue weighted by atomic mass is 32.1. The normalized spacial score (nSPS) is 17.2. The number of hydrogen-bond donors (Lipinski definition) is 3. The lowest BCUT2D eigenvalue weighted by Gasteiger charge is -2.21. The van der Waals surface area contributed by atoms with Crippen LogP contribution in [0, 0.1) is 11.7 Å². The van der Waals surface area contributed by atoms with Crippen molar-refractivity contribution in [1.82, 2.24) is 5.32 Å². The zero-order chi connectivity index (χ0) is 17.8. The van der Waals surface area contributed by atoms with E-state index in [0.29, 0.717) is 33.3 Å². The van der Waals surface area contributed by atoms with Crippen LogP contribution in [0.2, 0.25) is 0 Å². The van der Waals surface area contributed by atoms with Gasteiger partial charge in [-0.15, -0.1) is 11.3 Å². The number of urea groups is 1. The first kappa shape index (κ1) is 17.6. The average molecular weight is 361 g/mol. The maximum absolute atomic E-state index is 13.5. The van der Waals surface area contributed by atoms with Crippen molar-refractivity contribution in [2.24, 2.45) is 11.7 Å². The van der Waals surface area contributed by atoms with E-state index in [0.717, 1.165) is 25.9 Å². The van der Waals surface area contributed by atoms with Crippen molar-refractivity contribution in [3.05, 3.63) is 41.0 Å². The number of piperidine rings is 1. The molecule has 132 valence electrons. The number of nitrogens with two attached hydrogens (primary N) is 1. The van der Waals surface area contributed by atoms with E-state index in [4.69, 9.17) is 5.73 Å². The van der Waals surface area contributed by atoms with E-state index in [1.807, 2.05) is 0 Å². The van der Waals surface area contributed by atoms with Gasteiger partial charge in [0.2, 0.25) is 0 Å². The Morgan fingerprint density at radius 2 is 2.20 bits per heavy atom. The molecule has 2 aromatic rings. The molecule has 1 saturated heterocycles. The third-order valence-corrected chi connectivity index (χ3v) is 5.45. The van der Waals surface area contributed by atoms with E-state index in [9.17, 15) is 14.0 Å². The maximum Gasteiger partial charge on any atom is 0.316 e. The molecule has 0 bridgehead atoms. The van der Waals surface area contributed by atoms with Crippen molar-refractivity contribution < 1.29 is 14.0 Å². The summed E-state index contributed by atoms with van der Waals surface area (Å²) in [5.41, 5.74) is 6.28. The van der Waals surface area contributed by atoms with Crippen LogP contribution >= 0.6 is 11.3 Å². The number of halogens is 1. The number of benzene rings is 1. The maximum atomic E-state index is 13.5. The van der Waals surface area contributed by atoms with Crippen LogP contribution < -0.4 is 16.4 Å². The molecule has 4 N–H and O–H groups in total. The zero-order valence-electron chi connectivity index (χ0n) is 13.7. The number of rotatable bonds is 5. The van der Waals surface area contributed by atoms with Gasteiger partial charge in [-0.3, -0.25) is 4.79 Å². The lowest BCUT2D eigenvalue weighted by atomic mass is 9.93. The first-order valence-electron chi connectivity index (χ1n) is 8.23. The molecule has 1 fully saturated rings. The third-order valence-electron chi connectivity index (χ3n) is 4.23. The van der Waals surface area contributed by atoms with Crippen molar-refractivity contribution in [3.63, 3.8) is 0 Å². The quantitative estimate of drug-likeness (QED) is 0.711. The first-order valence-corrected chi connectivity index (χ1v) is 9.04. The van der Waals surface area contributed by atoms with Crippen molar-refractivity contribution in [2.75, 3.05) is 18.4 Å². The Morgan fingerprint density at radius 1 is 1.36 bits per heavy atom. The largest absolute Gasteiger partial charge is 0.351 e. The Morgan fingerprint density at radius 3 is 2.88 bits per heavy atom. The molecule has 0 spiro atoms. The molecule has 1 atom stereocenters. The smallest absolute Gasteiger partial charge is 0.316 e. The summed E-state index contributed by atoms with van der Waals surface area (Å²) in [6.45, 7) is 1.81. The zero-order valence-corrected chi connectivity index (χ0v) is 14.5. The van der Waals surface area contributed by atoms with Gasteiger partial charge in [0.25, 0.3) is 0 Å². The van der Waals surface area contributed by atoms with Crippen LogP contribution in [0.5, 0.6) is 0 Å². The lowest BCUT2D eigenvalue weighted by Crippen LogP contribution is -2.31. The second kappa shape index (κ2) is 7.76. The van der Waals surface area contributed by atoms with Crippen molar-refractivity contribution in [1.29, 1.82) is 0 Å². The van der Waals surface area contributed by atoms with Crippen LogP contribution in [-0.4, -0.2) is 24.9 Å². The van der Waals surface area contributed by atoms with Crippen LogP contribution in [0.1, 0.15) is 28.9 Å². The van der Waals surface area contributed by atoms with E-state index in [-0.39, 0.29) is 11.6 Å². The topological polar surface area (TPSA) is 84.2 Å². The number of hydrogen-bond acceptors (Lipinski definition) is 4. The summed E-state index contributed by atoms with van der Waals surface area (Å²) in [4.78, 5) is 25.2. The van der Waals surface area contributed by atoms with Crippen molar-refractivity contribution in [2.45, 2.75) is 19.3 Å². The summed E-state index contributed by atoms with van der Waals surface area (Å²) < 4.78 is 13.5. The molecule has 5 nitrogen and oxygen atoms in total. The molecular formula is C18H20FN3O2S. The van der Waals surface area contributed by atoms with Gasteiger partial charge < -0.3 is 16.4 Å². The SMILES string of the molecule is NC(=O)Nc1cc(-c2cccc(F)c2)sc1C(=O)C[C@H]1CCCNC1. The highest BCUT2D eigenvalue weighted by Crippen LogP contribution is 2.36. The highest BCUT2D eigenvalue weighted by Gasteiger charge is 2.23. The van der Waals surface area contributed by atoms with Gasteiger partial charge in [-0.2, -0.15) is 0 Å². The molecule has 7 heteroatoms. The second-order valence-electron chi connectivity index (χ2n) is 6.19. The number of carbonyl (C=O) groups excluding carboxylic acids is 2. The van der Waals surface area contributed by atoms with Crippen LogP contribution in [0.3, 0.4) is 0 Å². The number of thiophene rings is 1. The Labute approximate surface area is 149 Å². The van der Waals surface area contributed by atoms with Crippen LogP contribution in [0.25, 0.3) is 10.4 Å². The minimum absolute atomic E-state index is 0.0231. The second-order valence-corrected chi connectivity index (χ2v) is 7.24. The fraction of sp³-hybridized carbons (Fsp3) is 0.333. The van der Waals surface area contributed by atoms with Gasteiger partial charge in [0.1, 0.15) is 5.82 Å². The van der Waals surface area contributed by atoms with E-state index >= 15 is 0 Å². The van der Waals surface area contributed by atoms with Crippen molar-refractivity contribution in [3.8, 4) is 10.4 Å². The molecule has 0 radical (unpaired) electrons. The van der Waals surface area contributed by atoms with Gasteiger partial charge in [0.05, 0.1) is 10.6 Å². The molecule has 0 aliphatic carbocycles. The molecule has 1 aliphatic rings. The fourth-order valence-corrected chi connectivity index (χ4v) is 4.12. The molecule has 1 aromatic carbocycles. The molecular weight excluding hydrogens is 341 g/mol. The number of Topliss-reactive ketones (excluding diaryl/α,β-unsaturated/α-hetero) is 1. The Bertz CT molecular complexity index is 784. The molecule has 3 rings (SSSR count). The van der Waals surface area contributed by atoms with E-state index in [1.165, 1.54) is 23.5 Å². The summed E-state index contributed by atoms with van der Waals surface area (Å²) in [5, 5.41) is 5.81. The van der Waals surface area contributed by atoms with Crippen LogP contribution in [-0.2, 0) is 0 Å². The molecule has 2 amide bonds. The minimum atomic E-state index is -0.725. The van der Waals surface area contributed by atoms with Gasteiger partial charge in [-0.1, -0.05) is 12.1 Å². The molecule has 25 heavy (non-hydrogen) atoms. The number of ketones is 1. The monoisotopic (exact) mass is 361 g/mol. The predicted octanol–water partition coefficient (Wildman–Crippen LogP) is 3.62. The number of nitrogens with one attached hydrogen (secondary N) is 2. The average Bonchev–Trinajstić information content (AvgIpc) is 2.99. The third kappa shape index (κ3) is 4.43. The Balaban J connectivity index is 1.87. The van der Waals surface area contributed by atoms with Crippen LogP contribution in [0.15, 0.2) is 30.3 Å². The summed E-state index contributed by atoms with van der Waals surface area (Å²) in [5.74, 6) is -0.0797. The number of anilines is 1. The predicted molar refractivity (Wildman–Crippen MR) is 97.5 cm³/mol. The van der Waals surface area contributed by atoms with Crippen LogP contribution in [0.4, 0.5) is 14.9 Å². The Hall–Kier alpha value is -2.25. The fourth-order valence-electron chi connectivity index (χ4n) is 3.06. The number of carbonyl (C=O) groups is 2. The standard InChI is InChI=1S/C18H20FN3O2S/c19-13-5-1-4-12(8-13)16-9-14(22-18(20)24)17(25-16)15(23)7-11-3-2-6-21-10-11/h1,4-5,8-9,11,21H,2-3,6-7,10H2,(H3,20,22,24)/t11-/m1/s1. The van der Waals surface area contributed by atoms with Gasteiger partial charge in [0.15, 0.2) is 5.78 Å². The highest BCUT2D eigenvalue weighted by molar-refractivity contribution is 7.18. The molecule has 0 saturated carbocycles. The van der Waals surface area contributed by atoms with E-state index in [1.54, 1.807) is 18.2 Å². The molecule has 2 heterocycles.